The normalized spacial score (nSPS) is 12.1. The highest BCUT2D eigenvalue weighted by atomic mass is 32.2. The first-order valence-electron chi connectivity index (χ1n) is 4.45. The fourth-order valence-corrected chi connectivity index (χ4v) is 2.11. The molecule has 5 nitrogen and oxygen atoms in total. The number of carbonyl (C=O) groups is 2. The SMILES string of the molecule is CS(=O)Cc1cccc(C(N)=O)c1C(N)=O. The molecule has 86 valence electrons. The van der Waals surface area contributed by atoms with Crippen molar-refractivity contribution in [2.24, 2.45) is 11.5 Å². The van der Waals surface area contributed by atoms with Crippen LogP contribution in [0.1, 0.15) is 26.3 Å². The molecule has 1 aromatic rings. The van der Waals surface area contributed by atoms with Crippen molar-refractivity contribution in [3.63, 3.8) is 0 Å². The van der Waals surface area contributed by atoms with Crippen molar-refractivity contribution < 1.29 is 13.8 Å². The third kappa shape index (κ3) is 2.66. The van der Waals surface area contributed by atoms with Gasteiger partial charge in [-0.25, -0.2) is 0 Å². The van der Waals surface area contributed by atoms with Crippen molar-refractivity contribution in [3.8, 4) is 0 Å². The molecule has 0 aromatic heterocycles. The van der Waals surface area contributed by atoms with Gasteiger partial charge in [0.15, 0.2) is 0 Å². The summed E-state index contributed by atoms with van der Waals surface area (Å²) < 4.78 is 11.1. The van der Waals surface area contributed by atoms with Gasteiger partial charge < -0.3 is 11.5 Å². The van der Waals surface area contributed by atoms with Crippen LogP contribution in [0.15, 0.2) is 18.2 Å². The molecule has 0 aliphatic rings. The largest absolute Gasteiger partial charge is 0.366 e. The zero-order chi connectivity index (χ0) is 12.3. The minimum absolute atomic E-state index is 0.0604. The first kappa shape index (κ1) is 12.4. The fraction of sp³-hybridized carbons (Fsp3) is 0.200. The van der Waals surface area contributed by atoms with Crippen LogP contribution in [-0.2, 0) is 16.6 Å². The Morgan fingerprint density at radius 3 is 2.31 bits per heavy atom. The molecule has 0 heterocycles. The molecule has 0 aliphatic heterocycles. The molecule has 1 aromatic carbocycles. The highest BCUT2D eigenvalue weighted by molar-refractivity contribution is 7.83. The van der Waals surface area contributed by atoms with E-state index in [1.807, 2.05) is 0 Å². The van der Waals surface area contributed by atoms with Crippen molar-refractivity contribution in [1.82, 2.24) is 0 Å². The minimum atomic E-state index is -1.12. The molecule has 4 N–H and O–H groups in total. The summed E-state index contributed by atoms with van der Waals surface area (Å²) in [6.45, 7) is 0. The number of rotatable bonds is 4. The Morgan fingerprint density at radius 1 is 1.25 bits per heavy atom. The molecule has 2 amide bonds. The quantitative estimate of drug-likeness (QED) is 0.759. The number of hydrogen-bond donors (Lipinski definition) is 2. The van der Waals surface area contributed by atoms with Gasteiger partial charge in [0, 0.05) is 22.8 Å². The zero-order valence-corrected chi connectivity index (χ0v) is 9.54. The molecule has 1 atom stereocenters. The summed E-state index contributed by atoms with van der Waals surface area (Å²) in [6, 6.07) is 4.60. The molecular weight excluding hydrogens is 228 g/mol. The average molecular weight is 240 g/mol. The van der Waals surface area contributed by atoms with Crippen molar-refractivity contribution in [1.29, 1.82) is 0 Å². The van der Waals surface area contributed by atoms with Gasteiger partial charge >= 0.3 is 0 Å². The Hall–Kier alpha value is -1.69. The van der Waals surface area contributed by atoms with E-state index in [1.165, 1.54) is 12.3 Å². The van der Waals surface area contributed by atoms with Crippen molar-refractivity contribution in [2.45, 2.75) is 5.75 Å². The second kappa shape index (κ2) is 4.89. The molecule has 16 heavy (non-hydrogen) atoms. The van der Waals surface area contributed by atoms with Crippen LogP contribution in [0.2, 0.25) is 0 Å². The lowest BCUT2D eigenvalue weighted by Crippen LogP contribution is -2.22. The number of carbonyl (C=O) groups excluding carboxylic acids is 2. The molecule has 1 unspecified atom stereocenters. The van der Waals surface area contributed by atoms with Crippen LogP contribution in [0.25, 0.3) is 0 Å². The summed E-state index contributed by atoms with van der Waals surface area (Å²) in [5.41, 5.74) is 10.9. The van der Waals surface area contributed by atoms with Crippen LogP contribution in [0.5, 0.6) is 0 Å². The minimum Gasteiger partial charge on any atom is -0.366 e. The summed E-state index contributed by atoms with van der Waals surface area (Å²) in [5, 5.41) is 0. The smallest absolute Gasteiger partial charge is 0.249 e. The van der Waals surface area contributed by atoms with Gasteiger partial charge in [-0.3, -0.25) is 13.8 Å². The first-order valence-corrected chi connectivity index (χ1v) is 6.17. The molecule has 0 radical (unpaired) electrons. The van der Waals surface area contributed by atoms with Gasteiger partial charge in [0.25, 0.3) is 0 Å². The highest BCUT2D eigenvalue weighted by Crippen LogP contribution is 2.15. The van der Waals surface area contributed by atoms with Gasteiger partial charge in [0.1, 0.15) is 0 Å². The Balaban J connectivity index is 3.38. The molecule has 0 spiro atoms. The van der Waals surface area contributed by atoms with E-state index in [-0.39, 0.29) is 16.9 Å². The van der Waals surface area contributed by atoms with Crippen LogP contribution in [-0.4, -0.2) is 22.3 Å². The Bertz CT molecular complexity index is 471. The number of primary amides is 2. The van der Waals surface area contributed by atoms with Gasteiger partial charge in [-0.15, -0.1) is 0 Å². The van der Waals surface area contributed by atoms with Crippen molar-refractivity contribution in [2.75, 3.05) is 6.26 Å². The van der Waals surface area contributed by atoms with Crippen LogP contribution in [0.4, 0.5) is 0 Å². The average Bonchev–Trinajstić information content (AvgIpc) is 2.15. The van der Waals surface area contributed by atoms with E-state index >= 15 is 0 Å². The van der Waals surface area contributed by atoms with Crippen LogP contribution in [0.3, 0.4) is 0 Å². The zero-order valence-electron chi connectivity index (χ0n) is 8.73. The highest BCUT2D eigenvalue weighted by Gasteiger charge is 2.17. The Labute approximate surface area is 95.3 Å². The van der Waals surface area contributed by atoms with Crippen LogP contribution < -0.4 is 11.5 Å². The van der Waals surface area contributed by atoms with Crippen molar-refractivity contribution in [3.05, 3.63) is 34.9 Å². The molecular formula is C10H12N2O3S. The molecule has 6 heteroatoms. The Kier molecular flexibility index (Phi) is 3.78. The van der Waals surface area contributed by atoms with E-state index in [4.69, 9.17) is 11.5 Å². The lowest BCUT2D eigenvalue weighted by molar-refractivity contribution is 0.0966. The maximum atomic E-state index is 11.2. The molecule has 0 aliphatic carbocycles. The third-order valence-corrected chi connectivity index (χ3v) is 2.74. The molecule has 1 rings (SSSR count). The fourth-order valence-electron chi connectivity index (χ4n) is 1.44. The van der Waals surface area contributed by atoms with Crippen LogP contribution in [0, 0.1) is 0 Å². The van der Waals surface area contributed by atoms with Gasteiger partial charge in [-0.1, -0.05) is 12.1 Å². The monoisotopic (exact) mass is 240 g/mol. The van der Waals surface area contributed by atoms with E-state index in [0.717, 1.165) is 0 Å². The topological polar surface area (TPSA) is 103 Å². The number of benzene rings is 1. The number of nitrogens with two attached hydrogens (primary N) is 2. The van der Waals surface area contributed by atoms with Gasteiger partial charge in [-0.2, -0.15) is 0 Å². The first-order chi connectivity index (χ1) is 7.43. The molecule has 0 fully saturated rings. The summed E-state index contributed by atoms with van der Waals surface area (Å²) in [5.74, 6) is -1.30. The van der Waals surface area contributed by atoms with E-state index in [1.54, 1.807) is 12.1 Å². The van der Waals surface area contributed by atoms with Gasteiger partial charge in [0.2, 0.25) is 11.8 Å². The predicted molar refractivity (Wildman–Crippen MR) is 61.2 cm³/mol. The summed E-state index contributed by atoms with van der Waals surface area (Å²) in [7, 11) is -1.12. The van der Waals surface area contributed by atoms with Crippen LogP contribution >= 0.6 is 0 Å². The molecule has 0 bridgehead atoms. The standard InChI is InChI=1S/C10H12N2O3S/c1-16(15)5-6-3-2-4-7(9(11)13)8(6)10(12)14/h2-4H,5H2,1H3,(H2,11,13)(H2,12,14). The summed E-state index contributed by atoms with van der Waals surface area (Å²) >= 11 is 0. The van der Waals surface area contributed by atoms with E-state index in [9.17, 15) is 13.8 Å². The second-order valence-electron chi connectivity index (χ2n) is 3.29. The molecule has 0 saturated heterocycles. The lowest BCUT2D eigenvalue weighted by Gasteiger charge is -2.08. The van der Waals surface area contributed by atoms with Gasteiger partial charge in [-0.05, 0) is 11.6 Å². The van der Waals surface area contributed by atoms with Crippen molar-refractivity contribution >= 4 is 22.6 Å². The number of hydrogen-bond acceptors (Lipinski definition) is 3. The maximum Gasteiger partial charge on any atom is 0.249 e. The summed E-state index contributed by atoms with van der Waals surface area (Å²) in [4.78, 5) is 22.3. The van der Waals surface area contributed by atoms with Gasteiger partial charge in [0.05, 0.1) is 11.1 Å². The lowest BCUT2D eigenvalue weighted by atomic mass is 10.0. The predicted octanol–water partition coefficient (Wildman–Crippen LogP) is -0.237. The third-order valence-electron chi connectivity index (χ3n) is 2.02. The number of amides is 2. The van der Waals surface area contributed by atoms with E-state index < -0.39 is 22.6 Å². The molecule has 0 saturated carbocycles. The summed E-state index contributed by atoms with van der Waals surface area (Å²) in [6.07, 6.45) is 1.50. The maximum absolute atomic E-state index is 11.2. The van der Waals surface area contributed by atoms with E-state index in [0.29, 0.717) is 5.56 Å². The second-order valence-corrected chi connectivity index (χ2v) is 4.72. The van der Waals surface area contributed by atoms with E-state index in [2.05, 4.69) is 0 Å². The Morgan fingerprint density at radius 2 is 1.88 bits per heavy atom.